The van der Waals surface area contributed by atoms with Crippen molar-refractivity contribution in [1.82, 2.24) is 4.57 Å². The van der Waals surface area contributed by atoms with Gasteiger partial charge in [0.05, 0.1) is 23.4 Å². The first-order chi connectivity index (χ1) is 12.0. The van der Waals surface area contributed by atoms with Crippen LogP contribution in [0.5, 0.6) is 0 Å². The molecule has 1 amide bonds. The van der Waals surface area contributed by atoms with Crippen molar-refractivity contribution in [2.24, 2.45) is 7.05 Å². The van der Waals surface area contributed by atoms with Crippen molar-refractivity contribution in [3.63, 3.8) is 0 Å². The Morgan fingerprint density at radius 2 is 1.96 bits per heavy atom. The number of benzene rings is 2. The SMILES string of the molecule is CCOC(=O)c1ccccc1NC(=O)c1ccc2c(c1)oc(=O)n2C. The Bertz CT molecular complexity index is 1020. The van der Waals surface area contributed by atoms with E-state index in [4.69, 9.17) is 9.15 Å². The Kier molecular flexibility index (Phi) is 4.38. The van der Waals surface area contributed by atoms with Crippen LogP contribution in [0.1, 0.15) is 27.6 Å². The number of carbonyl (C=O) groups is 2. The minimum atomic E-state index is -0.511. The molecule has 0 bridgehead atoms. The Labute approximate surface area is 142 Å². The maximum absolute atomic E-state index is 12.5. The molecule has 3 aromatic rings. The highest BCUT2D eigenvalue weighted by Gasteiger charge is 2.16. The number of hydrogen-bond acceptors (Lipinski definition) is 5. The molecule has 0 saturated heterocycles. The van der Waals surface area contributed by atoms with Crippen molar-refractivity contribution in [1.29, 1.82) is 0 Å². The number of fused-ring (bicyclic) bond motifs is 1. The van der Waals surface area contributed by atoms with Gasteiger partial charge in [0.2, 0.25) is 0 Å². The van der Waals surface area contributed by atoms with Gasteiger partial charge in [-0.25, -0.2) is 9.59 Å². The lowest BCUT2D eigenvalue weighted by Crippen LogP contribution is -2.15. The zero-order valence-corrected chi connectivity index (χ0v) is 13.7. The molecule has 7 nitrogen and oxygen atoms in total. The lowest BCUT2D eigenvalue weighted by Gasteiger charge is -2.10. The predicted octanol–water partition coefficient (Wildman–Crippen LogP) is 2.56. The first kappa shape index (κ1) is 16.5. The van der Waals surface area contributed by atoms with Gasteiger partial charge < -0.3 is 14.5 Å². The molecule has 0 radical (unpaired) electrons. The summed E-state index contributed by atoms with van der Waals surface area (Å²) in [6.45, 7) is 1.95. The Morgan fingerprint density at radius 1 is 1.20 bits per heavy atom. The number of nitrogens with one attached hydrogen (secondary N) is 1. The number of aromatic nitrogens is 1. The van der Waals surface area contributed by atoms with E-state index >= 15 is 0 Å². The second kappa shape index (κ2) is 6.64. The van der Waals surface area contributed by atoms with E-state index in [1.807, 2.05) is 0 Å². The summed E-state index contributed by atoms with van der Waals surface area (Å²) in [7, 11) is 1.59. The molecule has 2 aromatic carbocycles. The number of para-hydroxylation sites is 1. The monoisotopic (exact) mass is 340 g/mol. The topological polar surface area (TPSA) is 90.5 Å². The molecule has 0 aliphatic carbocycles. The van der Waals surface area contributed by atoms with E-state index in [-0.39, 0.29) is 12.2 Å². The smallest absolute Gasteiger partial charge is 0.419 e. The molecule has 0 atom stereocenters. The van der Waals surface area contributed by atoms with Gasteiger partial charge in [-0.15, -0.1) is 0 Å². The van der Waals surface area contributed by atoms with Crippen molar-refractivity contribution in [3.8, 4) is 0 Å². The first-order valence-electron chi connectivity index (χ1n) is 7.68. The number of nitrogens with zero attached hydrogens (tertiary/aromatic N) is 1. The third-order valence-corrected chi connectivity index (χ3v) is 3.73. The molecule has 1 N–H and O–H groups in total. The van der Waals surface area contributed by atoms with Crippen LogP contribution in [0.3, 0.4) is 0 Å². The van der Waals surface area contributed by atoms with Crippen molar-refractivity contribution in [2.45, 2.75) is 6.92 Å². The molecule has 1 aromatic heterocycles. The largest absolute Gasteiger partial charge is 0.462 e. The number of aryl methyl sites for hydroxylation is 1. The van der Waals surface area contributed by atoms with Gasteiger partial charge in [0.1, 0.15) is 0 Å². The number of esters is 1. The maximum Gasteiger partial charge on any atom is 0.419 e. The van der Waals surface area contributed by atoms with Crippen LogP contribution in [0.4, 0.5) is 5.69 Å². The van der Waals surface area contributed by atoms with Gasteiger partial charge in [-0.1, -0.05) is 12.1 Å². The molecule has 0 saturated carbocycles. The number of anilines is 1. The molecule has 1 heterocycles. The van der Waals surface area contributed by atoms with Crippen molar-refractivity contribution >= 4 is 28.7 Å². The van der Waals surface area contributed by atoms with Crippen LogP contribution in [0.15, 0.2) is 51.7 Å². The fraction of sp³-hybridized carbons (Fsp3) is 0.167. The van der Waals surface area contributed by atoms with Crippen LogP contribution >= 0.6 is 0 Å². The first-order valence-corrected chi connectivity index (χ1v) is 7.68. The van der Waals surface area contributed by atoms with Crippen LogP contribution in [0.2, 0.25) is 0 Å². The lowest BCUT2D eigenvalue weighted by molar-refractivity contribution is 0.0527. The summed E-state index contributed by atoms with van der Waals surface area (Å²) < 4.78 is 11.4. The Balaban J connectivity index is 1.90. The molecule has 7 heteroatoms. The summed E-state index contributed by atoms with van der Waals surface area (Å²) in [6.07, 6.45) is 0. The third-order valence-electron chi connectivity index (χ3n) is 3.73. The van der Waals surface area contributed by atoms with Crippen LogP contribution in [-0.2, 0) is 11.8 Å². The number of ether oxygens (including phenoxy) is 1. The fourth-order valence-corrected chi connectivity index (χ4v) is 2.45. The van der Waals surface area contributed by atoms with Crippen molar-refractivity contribution < 1.29 is 18.7 Å². The van der Waals surface area contributed by atoms with Crippen molar-refractivity contribution in [3.05, 3.63) is 64.1 Å². The summed E-state index contributed by atoms with van der Waals surface area (Å²) >= 11 is 0. The van der Waals surface area contributed by atoms with E-state index in [0.29, 0.717) is 22.4 Å². The van der Waals surface area contributed by atoms with Crippen LogP contribution in [-0.4, -0.2) is 23.1 Å². The molecule has 3 rings (SSSR count). The number of carbonyl (C=O) groups excluding carboxylic acids is 2. The molecule has 128 valence electrons. The number of hydrogen-bond donors (Lipinski definition) is 1. The van der Waals surface area contributed by atoms with Gasteiger partial charge in [-0.2, -0.15) is 0 Å². The average molecular weight is 340 g/mol. The molecule has 0 aliphatic heterocycles. The van der Waals surface area contributed by atoms with E-state index in [1.165, 1.54) is 10.6 Å². The molecule has 25 heavy (non-hydrogen) atoms. The average Bonchev–Trinajstić information content (AvgIpc) is 2.89. The minimum absolute atomic E-state index is 0.241. The molecular weight excluding hydrogens is 324 g/mol. The standard InChI is InChI=1S/C18H16N2O5/c1-3-24-17(22)12-6-4-5-7-13(12)19-16(21)11-8-9-14-15(10-11)25-18(23)20(14)2/h4-10H,3H2,1-2H3,(H,19,21). The number of amides is 1. The fourth-order valence-electron chi connectivity index (χ4n) is 2.45. The normalized spacial score (nSPS) is 10.6. The summed E-state index contributed by atoms with van der Waals surface area (Å²) in [4.78, 5) is 36.0. The van der Waals surface area contributed by atoms with Gasteiger partial charge in [0.15, 0.2) is 5.58 Å². The Morgan fingerprint density at radius 3 is 2.72 bits per heavy atom. The van der Waals surface area contributed by atoms with E-state index in [9.17, 15) is 14.4 Å². The lowest BCUT2D eigenvalue weighted by atomic mass is 10.1. The highest BCUT2D eigenvalue weighted by Crippen LogP contribution is 2.19. The van der Waals surface area contributed by atoms with Gasteiger partial charge >= 0.3 is 11.7 Å². The Hall–Kier alpha value is -3.35. The summed E-state index contributed by atoms with van der Waals surface area (Å²) in [5.41, 5.74) is 1.83. The maximum atomic E-state index is 12.5. The van der Waals surface area contributed by atoms with E-state index < -0.39 is 17.6 Å². The van der Waals surface area contributed by atoms with E-state index in [0.717, 1.165) is 0 Å². The van der Waals surface area contributed by atoms with Crippen LogP contribution in [0.25, 0.3) is 11.1 Å². The summed E-state index contributed by atoms with van der Waals surface area (Å²) in [5, 5.41) is 2.69. The molecule has 0 unspecified atom stereocenters. The van der Waals surface area contributed by atoms with Crippen LogP contribution in [0, 0.1) is 0 Å². The predicted molar refractivity (Wildman–Crippen MR) is 91.8 cm³/mol. The van der Waals surface area contributed by atoms with E-state index in [2.05, 4.69) is 5.32 Å². The quantitative estimate of drug-likeness (QED) is 0.737. The molecular formula is C18H16N2O5. The zero-order chi connectivity index (χ0) is 18.0. The summed E-state index contributed by atoms with van der Waals surface area (Å²) in [6, 6.07) is 11.3. The van der Waals surface area contributed by atoms with Gasteiger partial charge in [-0.3, -0.25) is 9.36 Å². The number of rotatable bonds is 4. The van der Waals surface area contributed by atoms with Gasteiger partial charge in [0.25, 0.3) is 5.91 Å². The molecule has 0 spiro atoms. The van der Waals surface area contributed by atoms with E-state index in [1.54, 1.807) is 50.4 Å². The summed E-state index contributed by atoms with van der Waals surface area (Å²) in [5.74, 6) is -1.44. The minimum Gasteiger partial charge on any atom is -0.462 e. The second-order valence-electron chi connectivity index (χ2n) is 5.33. The molecule has 0 fully saturated rings. The van der Waals surface area contributed by atoms with Gasteiger partial charge in [-0.05, 0) is 37.3 Å². The highest BCUT2D eigenvalue weighted by molar-refractivity contribution is 6.09. The second-order valence-corrected chi connectivity index (χ2v) is 5.33. The van der Waals surface area contributed by atoms with Crippen molar-refractivity contribution in [2.75, 3.05) is 11.9 Å². The number of oxazole rings is 1. The van der Waals surface area contributed by atoms with Crippen LogP contribution < -0.4 is 11.1 Å². The van der Waals surface area contributed by atoms with Gasteiger partial charge in [0, 0.05) is 12.6 Å². The third kappa shape index (κ3) is 3.16. The zero-order valence-electron chi connectivity index (χ0n) is 13.7. The highest BCUT2D eigenvalue weighted by atomic mass is 16.5. The molecule has 0 aliphatic rings.